The summed E-state index contributed by atoms with van der Waals surface area (Å²) in [6.07, 6.45) is 0. The zero-order valence-electron chi connectivity index (χ0n) is 12.3. The van der Waals surface area contributed by atoms with Gasteiger partial charge in [-0.2, -0.15) is 0 Å². The van der Waals surface area contributed by atoms with E-state index in [1.54, 1.807) is 0 Å². The van der Waals surface area contributed by atoms with Gasteiger partial charge in [0.2, 0.25) is 0 Å². The maximum atomic E-state index is 12.4. The van der Waals surface area contributed by atoms with Gasteiger partial charge in [-0.25, -0.2) is 0 Å². The Morgan fingerprint density at radius 3 is 2.58 bits per heavy atom. The number of benzene rings is 1. The molecule has 2 N–H and O–H groups in total. The first-order valence-electron chi connectivity index (χ1n) is 6.76. The molecule has 1 aromatic carbocycles. The van der Waals surface area contributed by atoms with E-state index < -0.39 is 0 Å². The van der Waals surface area contributed by atoms with Crippen LogP contribution < -0.4 is 5.32 Å². The van der Waals surface area contributed by atoms with Crippen molar-refractivity contribution >= 4 is 16.7 Å². The average molecular weight is 258 g/mol. The van der Waals surface area contributed by atoms with Crippen molar-refractivity contribution in [2.24, 2.45) is 0 Å². The molecule has 2 rings (SSSR count). The van der Waals surface area contributed by atoms with E-state index in [0.29, 0.717) is 12.6 Å². The first kappa shape index (κ1) is 13.8. The highest BCUT2D eigenvalue weighted by Gasteiger charge is 2.17. The van der Waals surface area contributed by atoms with E-state index in [2.05, 4.69) is 36.3 Å². The summed E-state index contributed by atoms with van der Waals surface area (Å²) in [5.41, 5.74) is 5.24. The Kier molecular flexibility index (Phi) is 3.76. The fraction of sp³-hybridized carbons (Fsp3) is 0.438. The summed E-state index contributed by atoms with van der Waals surface area (Å²) in [6, 6.07) is 4.55. The minimum atomic E-state index is 0.155. The molecule has 0 aliphatic carbocycles. The molecule has 0 aliphatic heterocycles. The first-order valence-corrected chi connectivity index (χ1v) is 6.76. The van der Waals surface area contributed by atoms with Crippen LogP contribution in [0.4, 0.5) is 0 Å². The molecule has 0 bridgehead atoms. The second-order valence-electron chi connectivity index (χ2n) is 5.59. The van der Waals surface area contributed by atoms with Gasteiger partial charge in [0.1, 0.15) is 0 Å². The molecule has 0 aliphatic rings. The summed E-state index contributed by atoms with van der Waals surface area (Å²) in [5.74, 6) is 0.155. The van der Waals surface area contributed by atoms with Gasteiger partial charge in [-0.3, -0.25) is 4.79 Å². The number of nitrogens with one attached hydrogen (secondary N) is 2. The Hall–Kier alpha value is -1.61. The molecule has 0 amide bonds. The first-order chi connectivity index (χ1) is 8.90. The number of carbonyl (C=O) groups excluding carboxylic acids is 1. The van der Waals surface area contributed by atoms with Crippen molar-refractivity contribution in [3.8, 4) is 0 Å². The molecule has 0 saturated carbocycles. The molecule has 0 unspecified atom stereocenters. The number of aryl methyl sites for hydroxylation is 3. The van der Waals surface area contributed by atoms with Gasteiger partial charge in [0.05, 0.1) is 6.54 Å². The summed E-state index contributed by atoms with van der Waals surface area (Å²) < 4.78 is 0. The molecule has 1 aromatic heterocycles. The van der Waals surface area contributed by atoms with E-state index in [0.717, 1.165) is 22.2 Å². The van der Waals surface area contributed by atoms with E-state index in [4.69, 9.17) is 0 Å². The van der Waals surface area contributed by atoms with Crippen molar-refractivity contribution in [1.29, 1.82) is 0 Å². The van der Waals surface area contributed by atoms with Gasteiger partial charge in [0.15, 0.2) is 5.78 Å². The predicted molar refractivity (Wildman–Crippen MR) is 80.0 cm³/mol. The average Bonchev–Trinajstić information content (AvgIpc) is 2.63. The SMILES string of the molecule is Cc1cc(C)c2[nH]c(C)c(C(=O)CNC(C)C)c2c1. The summed E-state index contributed by atoms with van der Waals surface area (Å²) >= 11 is 0. The molecule has 0 spiro atoms. The fourth-order valence-electron chi connectivity index (χ4n) is 2.53. The van der Waals surface area contributed by atoms with Crippen molar-refractivity contribution in [3.63, 3.8) is 0 Å². The van der Waals surface area contributed by atoms with Crippen LogP contribution in [0.5, 0.6) is 0 Å². The van der Waals surface area contributed by atoms with Gasteiger partial charge >= 0.3 is 0 Å². The quantitative estimate of drug-likeness (QED) is 0.827. The van der Waals surface area contributed by atoms with Crippen LogP contribution in [0.15, 0.2) is 12.1 Å². The zero-order chi connectivity index (χ0) is 14.2. The third-order valence-corrected chi connectivity index (χ3v) is 3.39. The highest BCUT2D eigenvalue weighted by molar-refractivity contribution is 6.10. The molecule has 3 heteroatoms. The number of hydrogen-bond acceptors (Lipinski definition) is 2. The van der Waals surface area contributed by atoms with Gasteiger partial charge in [0, 0.05) is 28.2 Å². The number of ketones is 1. The number of aromatic amines is 1. The van der Waals surface area contributed by atoms with Crippen LogP contribution in [0.25, 0.3) is 10.9 Å². The number of fused-ring (bicyclic) bond motifs is 1. The standard InChI is InChI=1S/C16H22N2O/c1-9(2)17-8-14(19)15-12(5)18-16-11(4)6-10(3)7-13(15)16/h6-7,9,17-18H,8H2,1-5H3. The van der Waals surface area contributed by atoms with Crippen LogP contribution >= 0.6 is 0 Å². The van der Waals surface area contributed by atoms with Crippen LogP contribution in [0.3, 0.4) is 0 Å². The third kappa shape index (κ3) is 2.71. The minimum Gasteiger partial charge on any atom is -0.358 e. The van der Waals surface area contributed by atoms with Crippen LogP contribution in [-0.2, 0) is 0 Å². The summed E-state index contributed by atoms with van der Waals surface area (Å²) in [7, 11) is 0. The Labute approximate surface area is 114 Å². The maximum absolute atomic E-state index is 12.4. The van der Waals surface area contributed by atoms with Crippen molar-refractivity contribution in [3.05, 3.63) is 34.5 Å². The van der Waals surface area contributed by atoms with E-state index in [1.165, 1.54) is 11.1 Å². The molecule has 2 aromatic rings. The molecular weight excluding hydrogens is 236 g/mol. The lowest BCUT2D eigenvalue weighted by atomic mass is 10.0. The van der Waals surface area contributed by atoms with Crippen LogP contribution in [-0.4, -0.2) is 23.4 Å². The highest BCUT2D eigenvalue weighted by atomic mass is 16.1. The van der Waals surface area contributed by atoms with E-state index >= 15 is 0 Å². The fourth-order valence-corrected chi connectivity index (χ4v) is 2.53. The third-order valence-electron chi connectivity index (χ3n) is 3.39. The number of Topliss-reactive ketones (excluding diaryl/α,β-unsaturated/α-hetero) is 1. The number of H-pyrrole nitrogens is 1. The second-order valence-corrected chi connectivity index (χ2v) is 5.59. The largest absolute Gasteiger partial charge is 0.358 e. The Balaban J connectivity index is 2.48. The number of rotatable bonds is 4. The van der Waals surface area contributed by atoms with Gasteiger partial charge in [0.25, 0.3) is 0 Å². The highest BCUT2D eigenvalue weighted by Crippen LogP contribution is 2.26. The van der Waals surface area contributed by atoms with E-state index in [-0.39, 0.29) is 5.78 Å². The molecule has 19 heavy (non-hydrogen) atoms. The van der Waals surface area contributed by atoms with Crippen molar-refractivity contribution in [2.75, 3.05) is 6.54 Å². The summed E-state index contributed by atoms with van der Waals surface area (Å²) in [5, 5.41) is 4.24. The van der Waals surface area contributed by atoms with Crippen molar-refractivity contribution in [1.82, 2.24) is 10.3 Å². The van der Waals surface area contributed by atoms with E-state index in [9.17, 15) is 4.79 Å². The molecule has 0 fully saturated rings. The Bertz CT molecular complexity index is 623. The summed E-state index contributed by atoms with van der Waals surface area (Å²) in [4.78, 5) is 15.7. The Morgan fingerprint density at radius 1 is 1.26 bits per heavy atom. The zero-order valence-corrected chi connectivity index (χ0v) is 12.3. The molecule has 1 heterocycles. The number of hydrogen-bond donors (Lipinski definition) is 2. The number of carbonyl (C=O) groups is 1. The van der Waals surface area contributed by atoms with Gasteiger partial charge in [-0.15, -0.1) is 0 Å². The predicted octanol–water partition coefficient (Wildman–Crippen LogP) is 3.27. The second kappa shape index (κ2) is 5.17. The lowest BCUT2D eigenvalue weighted by Gasteiger charge is -2.07. The molecule has 0 atom stereocenters. The molecular formula is C16H22N2O. The van der Waals surface area contributed by atoms with Gasteiger partial charge in [-0.1, -0.05) is 25.5 Å². The Morgan fingerprint density at radius 2 is 1.95 bits per heavy atom. The van der Waals surface area contributed by atoms with Crippen molar-refractivity contribution in [2.45, 2.75) is 40.7 Å². The topological polar surface area (TPSA) is 44.9 Å². The molecule has 3 nitrogen and oxygen atoms in total. The smallest absolute Gasteiger partial charge is 0.179 e. The monoisotopic (exact) mass is 258 g/mol. The molecule has 0 radical (unpaired) electrons. The lowest BCUT2D eigenvalue weighted by molar-refractivity contribution is 0.0989. The normalized spacial score (nSPS) is 11.5. The molecule has 0 saturated heterocycles. The summed E-state index contributed by atoms with van der Waals surface area (Å²) in [6.45, 7) is 10.6. The van der Waals surface area contributed by atoms with Crippen molar-refractivity contribution < 1.29 is 4.79 Å². The maximum Gasteiger partial charge on any atom is 0.179 e. The van der Waals surface area contributed by atoms with E-state index in [1.807, 2.05) is 20.8 Å². The van der Waals surface area contributed by atoms with Gasteiger partial charge < -0.3 is 10.3 Å². The number of aromatic nitrogens is 1. The van der Waals surface area contributed by atoms with Crippen LogP contribution in [0.1, 0.15) is 41.0 Å². The van der Waals surface area contributed by atoms with Gasteiger partial charge in [-0.05, 0) is 32.4 Å². The minimum absolute atomic E-state index is 0.155. The van der Waals surface area contributed by atoms with Crippen LogP contribution in [0.2, 0.25) is 0 Å². The lowest BCUT2D eigenvalue weighted by Crippen LogP contribution is -2.29. The van der Waals surface area contributed by atoms with Crippen LogP contribution in [0, 0.1) is 20.8 Å². The molecule has 102 valence electrons.